The van der Waals surface area contributed by atoms with Crippen LogP contribution in [0.2, 0.25) is 5.54 Å². The van der Waals surface area contributed by atoms with Gasteiger partial charge in [-0.3, -0.25) is 9.78 Å². The van der Waals surface area contributed by atoms with E-state index in [0.717, 1.165) is 55.2 Å². The van der Waals surface area contributed by atoms with Crippen molar-refractivity contribution in [3.05, 3.63) is 133 Å². The average molecular weight is 973 g/mol. The molecule has 0 bridgehead atoms. The Kier molecular flexibility index (Phi) is 16.8. The number of allylic oxidation sites excluding steroid dienone is 2. The van der Waals surface area contributed by atoms with Crippen molar-refractivity contribution in [2.24, 2.45) is 11.8 Å². The standard InChI is InChI=1S/C38H38NSSi.C13H24O2.Ir/c1-6-30(7-2)41(31-17-10-8-11-18-31,32-19-12-9-13-20-32)35-26-28-22-23-39-36(37(28)40-35)29-24-27-16-14-15-21-33(27)34(25-29)38(3,4)5;1-5-10(6-2)12(14)9-13(15)11(7-3)8-4;/h8-23,25-26,30H,6-7H2,1-5H3;9-11,14H,5-8H2,1-4H3;/q-1;;/b;12-9-;. The van der Waals surface area contributed by atoms with Gasteiger partial charge in [0, 0.05) is 59.1 Å². The van der Waals surface area contributed by atoms with Gasteiger partial charge in [-0.2, -0.15) is 11.3 Å². The van der Waals surface area contributed by atoms with Crippen molar-refractivity contribution in [3.63, 3.8) is 0 Å². The molecule has 6 rings (SSSR count). The summed E-state index contributed by atoms with van der Waals surface area (Å²) in [5, 5.41) is 16.5. The number of pyridine rings is 1. The van der Waals surface area contributed by atoms with Crippen LogP contribution < -0.4 is 14.9 Å². The smallest absolute Gasteiger partial charge is 0.163 e. The summed E-state index contributed by atoms with van der Waals surface area (Å²) in [6, 6.07) is 42.2. The van der Waals surface area contributed by atoms with Crippen molar-refractivity contribution in [2.75, 3.05) is 0 Å². The molecule has 0 fully saturated rings. The maximum atomic E-state index is 11.7. The molecule has 0 spiro atoms. The Morgan fingerprint density at radius 3 is 1.82 bits per heavy atom. The minimum Gasteiger partial charge on any atom is -0.512 e. The summed E-state index contributed by atoms with van der Waals surface area (Å²) in [7, 11) is -2.36. The molecule has 3 nitrogen and oxygen atoms in total. The zero-order valence-electron chi connectivity index (χ0n) is 35.5. The molecule has 6 heteroatoms. The van der Waals surface area contributed by atoms with Gasteiger partial charge in [-0.1, -0.05) is 165 Å². The zero-order valence-corrected chi connectivity index (χ0v) is 39.7. The van der Waals surface area contributed by atoms with Crippen LogP contribution in [0.5, 0.6) is 0 Å². The van der Waals surface area contributed by atoms with E-state index in [1.807, 2.05) is 45.2 Å². The monoisotopic (exact) mass is 973 g/mol. The predicted octanol–water partition coefficient (Wildman–Crippen LogP) is 12.7. The fourth-order valence-corrected chi connectivity index (χ4v) is 16.9. The Morgan fingerprint density at radius 1 is 0.754 bits per heavy atom. The van der Waals surface area contributed by atoms with Crippen LogP contribution in [0.15, 0.2) is 121 Å². The molecule has 0 saturated carbocycles. The van der Waals surface area contributed by atoms with E-state index in [1.165, 1.54) is 42.0 Å². The van der Waals surface area contributed by atoms with Crippen LogP contribution in [0.3, 0.4) is 0 Å². The number of aliphatic hydroxyl groups is 1. The van der Waals surface area contributed by atoms with E-state index in [9.17, 15) is 9.90 Å². The minimum absolute atomic E-state index is 0. The number of fused-ring (bicyclic) bond motifs is 2. The summed E-state index contributed by atoms with van der Waals surface area (Å²) >= 11 is 1.97. The van der Waals surface area contributed by atoms with Gasteiger partial charge < -0.3 is 5.11 Å². The number of hydrogen-bond donors (Lipinski definition) is 1. The van der Waals surface area contributed by atoms with E-state index in [1.54, 1.807) is 0 Å². The van der Waals surface area contributed by atoms with Crippen molar-refractivity contribution in [2.45, 2.75) is 112 Å². The van der Waals surface area contributed by atoms with Crippen LogP contribution in [0.4, 0.5) is 0 Å². The molecule has 303 valence electrons. The van der Waals surface area contributed by atoms with Crippen LogP contribution in [0.1, 0.15) is 106 Å². The van der Waals surface area contributed by atoms with Crippen LogP contribution in [-0.2, 0) is 30.3 Å². The van der Waals surface area contributed by atoms with Gasteiger partial charge in [0.2, 0.25) is 0 Å². The molecular weight excluding hydrogens is 911 g/mol. The molecule has 0 aliphatic rings. The van der Waals surface area contributed by atoms with E-state index < -0.39 is 8.07 Å². The zero-order chi connectivity index (χ0) is 40.5. The maximum Gasteiger partial charge on any atom is 0.163 e. The molecule has 0 amide bonds. The Morgan fingerprint density at radius 2 is 1.30 bits per heavy atom. The Balaban J connectivity index is 0.000000385. The maximum absolute atomic E-state index is 11.7. The second-order valence-corrected chi connectivity index (χ2v) is 21.7. The first-order valence-electron chi connectivity index (χ1n) is 20.9. The number of hydrogen-bond acceptors (Lipinski definition) is 4. The molecule has 2 heterocycles. The largest absolute Gasteiger partial charge is 0.512 e. The molecule has 4 aromatic carbocycles. The normalized spacial score (nSPS) is 12.2. The van der Waals surface area contributed by atoms with E-state index in [-0.39, 0.29) is 48.9 Å². The third-order valence-corrected chi connectivity index (χ3v) is 19.5. The van der Waals surface area contributed by atoms with Gasteiger partial charge in [-0.25, -0.2) is 0 Å². The molecule has 1 N–H and O–H groups in total. The van der Waals surface area contributed by atoms with Crippen molar-refractivity contribution < 1.29 is 30.0 Å². The predicted molar refractivity (Wildman–Crippen MR) is 246 cm³/mol. The third-order valence-electron chi connectivity index (χ3n) is 11.8. The van der Waals surface area contributed by atoms with Gasteiger partial charge >= 0.3 is 0 Å². The van der Waals surface area contributed by atoms with E-state index in [0.29, 0.717) is 5.54 Å². The molecule has 0 saturated heterocycles. The van der Waals surface area contributed by atoms with Gasteiger partial charge in [0.05, 0.1) is 5.76 Å². The van der Waals surface area contributed by atoms with Crippen LogP contribution >= 0.6 is 11.3 Å². The van der Waals surface area contributed by atoms with E-state index in [4.69, 9.17) is 4.98 Å². The Labute approximate surface area is 361 Å². The topological polar surface area (TPSA) is 50.2 Å². The molecule has 0 aliphatic heterocycles. The number of ketones is 1. The van der Waals surface area contributed by atoms with Crippen LogP contribution in [0.25, 0.3) is 32.1 Å². The first-order valence-corrected chi connectivity index (χ1v) is 23.8. The quantitative estimate of drug-likeness (QED) is 0.0512. The fourth-order valence-electron chi connectivity index (χ4n) is 8.54. The third kappa shape index (κ3) is 9.96. The van der Waals surface area contributed by atoms with Gasteiger partial charge in [-0.05, 0) is 64.5 Å². The second-order valence-electron chi connectivity index (χ2n) is 16.1. The van der Waals surface area contributed by atoms with Gasteiger partial charge in [0.1, 0.15) is 0 Å². The molecule has 2 aromatic heterocycles. The van der Waals surface area contributed by atoms with E-state index >= 15 is 0 Å². The second kappa shape index (κ2) is 20.8. The number of rotatable bonds is 14. The van der Waals surface area contributed by atoms with E-state index in [2.05, 4.69) is 144 Å². The summed E-state index contributed by atoms with van der Waals surface area (Å²) in [6.45, 7) is 19.7. The Hall–Kier alpha value is -3.67. The molecule has 0 aliphatic carbocycles. The number of carbonyl (C=O) groups excluding carboxylic acids is 1. The number of thiophene rings is 1. The molecule has 0 unspecified atom stereocenters. The first-order chi connectivity index (χ1) is 27.0. The summed E-state index contributed by atoms with van der Waals surface area (Å²) in [6.07, 6.45) is 9.20. The van der Waals surface area contributed by atoms with Crippen molar-refractivity contribution in [3.8, 4) is 11.3 Å². The number of aliphatic hydroxyl groups excluding tert-OH is 1. The van der Waals surface area contributed by atoms with Gasteiger partial charge in [-0.15, -0.1) is 29.1 Å². The summed E-state index contributed by atoms with van der Waals surface area (Å²) in [4.78, 5) is 16.7. The Bertz CT molecular complexity index is 2170. The van der Waals surface area contributed by atoms with Gasteiger partial charge in [0.25, 0.3) is 0 Å². The van der Waals surface area contributed by atoms with Crippen molar-refractivity contribution in [1.29, 1.82) is 0 Å². The number of carbonyl (C=O) groups is 1. The number of nitrogens with zero attached hydrogens (tertiary/aromatic N) is 1. The summed E-state index contributed by atoms with van der Waals surface area (Å²) in [5.74, 6) is 0.547. The van der Waals surface area contributed by atoms with Crippen molar-refractivity contribution >= 4 is 60.9 Å². The van der Waals surface area contributed by atoms with Crippen molar-refractivity contribution in [1.82, 2.24) is 4.98 Å². The number of aromatic nitrogens is 1. The van der Waals surface area contributed by atoms with Crippen LogP contribution in [0, 0.1) is 17.9 Å². The summed E-state index contributed by atoms with van der Waals surface area (Å²) < 4.78 is 2.79. The van der Waals surface area contributed by atoms with Gasteiger partial charge in [0.15, 0.2) is 13.9 Å². The number of benzene rings is 4. The first kappa shape index (κ1) is 46.0. The molecule has 1 radical (unpaired) electrons. The SMILES string of the molecule is CCC(CC)C(=O)/C=C(\O)C(CC)CC.CCC(CC)[Si](c1ccccc1)(c1ccccc1)c1cc2ccnc(-c3[c-]c4ccccc4c(C(C)(C)C)c3)c2s1.[Ir]. The molecule has 6 aromatic rings. The fraction of sp³-hybridized carbons (Fsp3) is 0.373. The molecule has 57 heavy (non-hydrogen) atoms. The minimum atomic E-state index is -2.36. The van der Waals surface area contributed by atoms with Crippen LogP contribution in [-0.4, -0.2) is 23.9 Å². The molecular formula is C51H62IrNO2SSi-. The molecule has 0 atom stereocenters. The summed E-state index contributed by atoms with van der Waals surface area (Å²) in [5.41, 5.74) is 4.06. The average Bonchev–Trinajstić information content (AvgIpc) is 3.66.